The number of hydrogen-bond acceptors (Lipinski definition) is 2. The number of benzene rings is 1. The molecule has 74 valence electrons. The van der Waals surface area contributed by atoms with Gasteiger partial charge in [-0.3, -0.25) is 5.10 Å². The minimum absolute atomic E-state index is 0.196. The van der Waals surface area contributed by atoms with Crippen molar-refractivity contribution in [2.75, 3.05) is 0 Å². The standard InChI is InChI=1S/C10H5Cl2N3/c11-7-3-1-6(2-4-7)10-9(12)8(5-13)14-15-10/h1-4H,(H,14,15). The fourth-order valence-corrected chi connectivity index (χ4v) is 1.57. The Bertz CT molecular complexity index is 523. The summed E-state index contributed by atoms with van der Waals surface area (Å²) in [5.41, 5.74) is 1.67. The molecule has 5 heteroatoms. The molecule has 0 unspecified atom stereocenters. The Morgan fingerprint density at radius 1 is 1.20 bits per heavy atom. The highest BCUT2D eigenvalue weighted by Crippen LogP contribution is 2.28. The molecular weight excluding hydrogens is 233 g/mol. The van der Waals surface area contributed by atoms with E-state index in [4.69, 9.17) is 28.5 Å². The number of H-pyrrole nitrogens is 1. The number of nitriles is 1. The molecule has 2 aromatic rings. The van der Waals surface area contributed by atoms with Gasteiger partial charge in [-0.15, -0.1) is 0 Å². The van der Waals surface area contributed by atoms with E-state index in [9.17, 15) is 0 Å². The van der Waals surface area contributed by atoms with E-state index in [2.05, 4.69) is 10.2 Å². The first-order chi connectivity index (χ1) is 7.22. The third-order valence-electron chi connectivity index (χ3n) is 1.95. The van der Waals surface area contributed by atoms with Crippen LogP contribution < -0.4 is 0 Å². The molecule has 1 N–H and O–H groups in total. The maximum Gasteiger partial charge on any atom is 0.181 e. The monoisotopic (exact) mass is 237 g/mol. The Balaban J connectivity index is 2.51. The van der Waals surface area contributed by atoms with Crippen molar-refractivity contribution in [2.45, 2.75) is 0 Å². The summed E-state index contributed by atoms with van der Waals surface area (Å²) in [5.74, 6) is 0. The van der Waals surface area contributed by atoms with E-state index in [1.54, 1.807) is 12.1 Å². The van der Waals surface area contributed by atoms with Crippen LogP contribution in [0.15, 0.2) is 24.3 Å². The lowest BCUT2D eigenvalue weighted by Gasteiger charge is -1.97. The molecule has 0 radical (unpaired) electrons. The van der Waals surface area contributed by atoms with E-state index >= 15 is 0 Å². The lowest BCUT2D eigenvalue weighted by molar-refractivity contribution is 1.08. The second-order valence-corrected chi connectivity index (χ2v) is 3.69. The predicted octanol–water partition coefficient (Wildman–Crippen LogP) is 3.26. The first-order valence-corrected chi connectivity index (χ1v) is 4.88. The SMILES string of the molecule is N#Cc1n[nH]c(-c2ccc(Cl)cc2)c1Cl. The Morgan fingerprint density at radius 2 is 1.87 bits per heavy atom. The van der Waals surface area contributed by atoms with Crippen molar-refractivity contribution in [3.05, 3.63) is 40.0 Å². The van der Waals surface area contributed by atoms with E-state index in [1.165, 1.54) is 0 Å². The molecule has 0 aliphatic carbocycles. The predicted molar refractivity (Wildman–Crippen MR) is 58.8 cm³/mol. The van der Waals surface area contributed by atoms with Gasteiger partial charge in [-0.25, -0.2) is 0 Å². The number of rotatable bonds is 1. The zero-order valence-corrected chi connectivity index (χ0v) is 8.97. The topological polar surface area (TPSA) is 52.5 Å². The highest BCUT2D eigenvalue weighted by Gasteiger charge is 2.11. The molecular formula is C10H5Cl2N3. The van der Waals surface area contributed by atoms with E-state index in [0.717, 1.165) is 5.56 Å². The minimum Gasteiger partial charge on any atom is -0.275 e. The highest BCUT2D eigenvalue weighted by molar-refractivity contribution is 6.34. The van der Waals surface area contributed by atoms with Gasteiger partial charge in [0.05, 0.1) is 5.69 Å². The Hall–Kier alpha value is -1.50. The van der Waals surface area contributed by atoms with Crippen LogP contribution in [0, 0.1) is 11.3 Å². The maximum absolute atomic E-state index is 8.68. The van der Waals surface area contributed by atoms with Gasteiger partial charge in [0.15, 0.2) is 5.69 Å². The van der Waals surface area contributed by atoms with Crippen LogP contribution in [0.25, 0.3) is 11.3 Å². The van der Waals surface area contributed by atoms with E-state index in [1.807, 2.05) is 18.2 Å². The Kier molecular flexibility index (Phi) is 2.63. The van der Waals surface area contributed by atoms with Gasteiger partial charge < -0.3 is 0 Å². The largest absolute Gasteiger partial charge is 0.275 e. The van der Waals surface area contributed by atoms with Crippen molar-refractivity contribution >= 4 is 23.2 Å². The molecule has 2 rings (SSSR count). The van der Waals surface area contributed by atoms with Gasteiger partial charge in [0.1, 0.15) is 11.1 Å². The lowest BCUT2D eigenvalue weighted by Crippen LogP contribution is -1.77. The molecule has 0 aliphatic rings. The average Bonchev–Trinajstić information content (AvgIpc) is 2.61. The Labute approximate surface area is 96.2 Å². The smallest absolute Gasteiger partial charge is 0.181 e. The molecule has 1 aromatic carbocycles. The van der Waals surface area contributed by atoms with Crippen LogP contribution in [0.5, 0.6) is 0 Å². The fourth-order valence-electron chi connectivity index (χ4n) is 1.21. The molecule has 1 heterocycles. The van der Waals surface area contributed by atoms with Crippen LogP contribution in [-0.2, 0) is 0 Å². The molecule has 0 bridgehead atoms. The second kappa shape index (κ2) is 3.93. The van der Waals surface area contributed by atoms with Crippen molar-refractivity contribution in [3.8, 4) is 17.3 Å². The van der Waals surface area contributed by atoms with Gasteiger partial charge in [-0.05, 0) is 12.1 Å². The summed E-state index contributed by atoms with van der Waals surface area (Å²) in [4.78, 5) is 0. The number of nitrogens with one attached hydrogen (secondary N) is 1. The van der Waals surface area contributed by atoms with Gasteiger partial charge in [0.25, 0.3) is 0 Å². The molecule has 0 saturated carbocycles. The molecule has 0 amide bonds. The number of hydrogen-bond donors (Lipinski definition) is 1. The number of halogens is 2. The zero-order valence-electron chi connectivity index (χ0n) is 7.46. The summed E-state index contributed by atoms with van der Waals surface area (Å²) in [7, 11) is 0. The third kappa shape index (κ3) is 1.82. The molecule has 0 saturated heterocycles. The lowest BCUT2D eigenvalue weighted by atomic mass is 10.1. The quantitative estimate of drug-likeness (QED) is 0.828. The number of aromatic amines is 1. The first kappa shape index (κ1) is 10.0. The van der Waals surface area contributed by atoms with Crippen LogP contribution in [0.4, 0.5) is 0 Å². The second-order valence-electron chi connectivity index (χ2n) is 2.88. The third-order valence-corrected chi connectivity index (χ3v) is 2.57. The van der Waals surface area contributed by atoms with Crippen molar-refractivity contribution in [2.24, 2.45) is 0 Å². The van der Waals surface area contributed by atoms with Gasteiger partial charge in [-0.1, -0.05) is 35.3 Å². The van der Waals surface area contributed by atoms with Crippen LogP contribution in [0.1, 0.15) is 5.69 Å². The summed E-state index contributed by atoms with van der Waals surface area (Å²) in [5, 5.41) is 16.2. The average molecular weight is 238 g/mol. The van der Waals surface area contributed by atoms with E-state index in [0.29, 0.717) is 15.7 Å². The van der Waals surface area contributed by atoms with Gasteiger partial charge in [-0.2, -0.15) is 10.4 Å². The van der Waals surface area contributed by atoms with Gasteiger partial charge in [0.2, 0.25) is 0 Å². The fraction of sp³-hybridized carbons (Fsp3) is 0. The summed E-state index contributed by atoms with van der Waals surface area (Å²) in [6.45, 7) is 0. The van der Waals surface area contributed by atoms with Crippen molar-refractivity contribution in [1.82, 2.24) is 10.2 Å². The molecule has 0 aliphatic heterocycles. The molecule has 15 heavy (non-hydrogen) atoms. The van der Waals surface area contributed by atoms with Crippen molar-refractivity contribution in [3.63, 3.8) is 0 Å². The summed E-state index contributed by atoms with van der Waals surface area (Å²) in [6.07, 6.45) is 0. The van der Waals surface area contributed by atoms with Crippen LogP contribution in [-0.4, -0.2) is 10.2 Å². The van der Waals surface area contributed by atoms with E-state index < -0.39 is 0 Å². The van der Waals surface area contributed by atoms with Gasteiger partial charge in [0, 0.05) is 10.6 Å². The minimum atomic E-state index is 0.196. The van der Waals surface area contributed by atoms with Gasteiger partial charge >= 0.3 is 0 Å². The Morgan fingerprint density at radius 3 is 2.40 bits per heavy atom. The number of nitrogens with zero attached hydrogens (tertiary/aromatic N) is 2. The normalized spacial score (nSPS) is 9.93. The molecule has 0 spiro atoms. The van der Waals surface area contributed by atoms with E-state index in [-0.39, 0.29) is 5.69 Å². The maximum atomic E-state index is 8.68. The highest BCUT2D eigenvalue weighted by atomic mass is 35.5. The summed E-state index contributed by atoms with van der Waals surface area (Å²) >= 11 is 11.7. The number of aromatic nitrogens is 2. The molecule has 0 atom stereocenters. The molecule has 3 nitrogen and oxygen atoms in total. The molecule has 1 aromatic heterocycles. The summed E-state index contributed by atoms with van der Waals surface area (Å²) in [6, 6.07) is 9.01. The van der Waals surface area contributed by atoms with Crippen molar-refractivity contribution in [1.29, 1.82) is 5.26 Å². The van der Waals surface area contributed by atoms with Crippen LogP contribution in [0.3, 0.4) is 0 Å². The van der Waals surface area contributed by atoms with Crippen LogP contribution >= 0.6 is 23.2 Å². The van der Waals surface area contributed by atoms with Crippen molar-refractivity contribution < 1.29 is 0 Å². The molecule has 0 fully saturated rings. The first-order valence-electron chi connectivity index (χ1n) is 4.12. The van der Waals surface area contributed by atoms with Crippen LogP contribution in [0.2, 0.25) is 10.0 Å². The zero-order chi connectivity index (χ0) is 10.8. The summed E-state index contributed by atoms with van der Waals surface area (Å²) < 4.78 is 0.